The van der Waals surface area contributed by atoms with E-state index in [1.54, 1.807) is 0 Å². The van der Waals surface area contributed by atoms with Crippen molar-refractivity contribution in [3.8, 4) is 0 Å². The number of carbonyl (C=O) groups excluding carboxylic acids is 1. The summed E-state index contributed by atoms with van der Waals surface area (Å²) in [6.07, 6.45) is 5.74. The van der Waals surface area contributed by atoms with E-state index in [-0.39, 0.29) is 12.0 Å². The minimum atomic E-state index is 0.215. The number of ether oxygens (including phenoxy) is 1. The fraction of sp³-hybridized carbons (Fsp3) is 0.933. The molecule has 0 aromatic rings. The quantitative estimate of drug-likeness (QED) is 0.779. The van der Waals surface area contributed by atoms with Crippen molar-refractivity contribution in [2.75, 3.05) is 46.9 Å². The predicted octanol–water partition coefficient (Wildman–Crippen LogP) is 0.698. The molecule has 20 heavy (non-hydrogen) atoms. The highest BCUT2D eigenvalue weighted by molar-refractivity contribution is 5.76. The molecule has 1 heterocycles. The van der Waals surface area contributed by atoms with Gasteiger partial charge in [-0.15, -0.1) is 0 Å². The fourth-order valence-electron chi connectivity index (χ4n) is 3.13. The largest absolute Gasteiger partial charge is 0.374 e. The number of rotatable bonds is 6. The Morgan fingerprint density at radius 2 is 2.10 bits per heavy atom. The second-order valence-electron chi connectivity index (χ2n) is 6.35. The lowest BCUT2D eigenvalue weighted by Crippen LogP contribution is -2.47. The van der Waals surface area contributed by atoms with E-state index < -0.39 is 0 Å². The zero-order chi connectivity index (χ0) is 14.4. The second-order valence-corrected chi connectivity index (χ2v) is 6.35. The first-order valence-electron chi connectivity index (χ1n) is 7.91. The lowest BCUT2D eigenvalue weighted by Gasteiger charge is -2.34. The third-order valence-electron chi connectivity index (χ3n) is 4.17. The summed E-state index contributed by atoms with van der Waals surface area (Å²) in [5, 5.41) is 3.16. The summed E-state index contributed by atoms with van der Waals surface area (Å²) in [4.78, 5) is 16.4. The Morgan fingerprint density at radius 1 is 1.35 bits per heavy atom. The van der Waals surface area contributed by atoms with Crippen molar-refractivity contribution in [2.45, 2.75) is 44.2 Å². The summed E-state index contributed by atoms with van der Waals surface area (Å²) < 4.78 is 5.75. The number of carbonyl (C=O) groups is 1. The van der Waals surface area contributed by atoms with Gasteiger partial charge in [-0.05, 0) is 26.9 Å². The molecule has 0 spiro atoms. The molecule has 0 bridgehead atoms. The number of likely N-dealkylation sites (N-methyl/N-ethyl adjacent to an activating group) is 1. The van der Waals surface area contributed by atoms with Crippen LogP contribution in [0, 0.1) is 0 Å². The maximum Gasteiger partial charge on any atom is 0.221 e. The molecular formula is C15H29N3O2. The summed E-state index contributed by atoms with van der Waals surface area (Å²) >= 11 is 0. The highest BCUT2D eigenvalue weighted by atomic mass is 16.5. The van der Waals surface area contributed by atoms with E-state index in [0.717, 1.165) is 45.6 Å². The Bertz CT molecular complexity index is 303. The van der Waals surface area contributed by atoms with Gasteiger partial charge >= 0.3 is 0 Å². The van der Waals surface area contributed by atoms with Crippen LogP contribution in [0.2, 0.25) is 0 Å². The average Bonchev–Trinajstić information content (AvgIpc) is 2.89. The Hall–Kier alpha value is -0.650. The van der Waals surface area contributed by atoms with E-state index in [1.165, 1.54) is 12.8 Å². The normalized spacial score (nSPS) is 25.2. The van der Waals surface area contributed by atoms with Crippen LogP contribution in [-0.2, 0) is 9.53 Å². The fourth-order valence-corrected chi connectivity index (χ4v) is 3.13. The zero-order valence-electron chi connectivity index (χ0n) is 12.9. The minimum Gasteiger partial charge on any atom is -0.374 e. The first kappa shape index (κ1) is 15.7. The highest BCUT2D eigenvalue weighted by Crippen LogP contribution is 2.17. The van der Waals surface area contributed by atoms with Gasteiger partial charge in [0.1, 0.15) is 0 Å². The van der Waals surface area contributed by atoms with E-state index >= 15 is 0 Å². The van der Waals surface area contributed by atoms with Crippen LogP contribution in [0.1, 0.15) is 32.1 Å². The van der Waals surface area contributed by atoms with Crippen molar-refractivity contribution in [1.29, 1.82) is 0 Å². The lowest BCUT2D eigenvalue weighted by molar-refractivity contribution is -0.122. The maximum atomic E-state index is 11.9. The van der Waals surface area contributed by atoms with E-state index in [1.807, 2.05) is 0 Å². The molecular weight excluding hydrogens is 254 g/mol. The number of amides is 1. The molecule has 2 fully saturated rings. The number of hydrogen-bond donors (Lipinski definition) is 1. The molecule has 0 aromatic carbocycles. The van der Waals surface area contributed by atoms with E-state index in [4.69, 9.17) is 4.74 Å². The number of morpholine rings is 1. The Kier molecular flexibility index (Phi) is 6.26. The maximum absolute atomic E-state index is 11.9. The Labute approximate surface area is 122 Å². The molecule has 1 saturated carbocycles. The van der Waals surface area contributed by atoms with Gasteiger partial charge in [-0.2, -0.15) is 0 Å². The van der Waals surface area contributed by atoms with Gasteiger partial charge in [-0.1, -0.05) is 12.8 Å². The third kappa shape index (κ3) is 5.38. The molecule has 1 amide bonds. The third-order valence-corrected chi connectivity index (χ3v) is 4.17. The Balaban J connectivity index is 1.63. The summed E-state index contributed by atoms with van der Waals surface area (Å²) in [5.41, 5.74) is 0. The number of nitrogens with zero attached hydrogens (tertiary/aromatic N) is 2. The van der Waals surface area contributed by atoms with Gasteiger partial charge in [-0.3, -0.25) is 9.69 Å². The van der Waals surface area contributed by atoms with Gasteiger partial charge in [0.15, 0.2) is 0 Å². The molecule has 2 rings (SSSR count). The SMILES string of the molecule is CN(C)C[C@H]1CN(CCC(=O)NC2CCCC2)CCO1. The van der Waals surface area contributed by atoms with Crippen molar-refractivity contribution in [2.24, 2.45) is 0 Å². The van der Waals surface area contributed by atoms with Crippen LogP contribution in [0.5, 0.6) is 0 Å². The standard InChI is InChI=1S/C15H29N3O2/c1-17(2)11-14-12-18(9-10-20-14)8-7-15(19)16-13-5-3-4-6-13/h13-14H,3-12H2,1-2H3,(H,16,19)/t14-/m0/s1. The number of hydrogen-bond acceptors (Lipinski definition) is 4. The molecule has 116 valence electrons. The Morgan fingerprint density at radius 3 is 2.80 bits per heavy atom. The van der Waals surface area contributed by atoms with E-state index in [9.17, 15) is 4.79 Å². The first-order valence-corrected chi connectivity index (χ1v) is 7.91. The molecule has 5 nitrogen and oxygen atoms in total. The molecule has 1 N–H and O–H groups in total. The second kappa shape index (κ2) is 7.96. The van der Waals surface area contributed by atoms with Crippen LogP contribution >= 0.6 is 0 Å². The molecule has 1 atom stereocenters. The highest BCUT2D eigenvalue weighted by Gasteiger charge is 2.22. The monoisotopic (exact) mass is 283 g/mol. The van der Waals surface area contributed by atoms with Crippen LogP contribution in [0.3, 0.4) is 0 Å². The molecule has 0 aromatic heterocycles. The van der Waals surface area contributed by atoms with Gasteiger partial charge in [0.05, 0.1) is 12.7 Å². The van der Waals surface area contributed by atoms with Crippen LogP contribution in [0.25, 0.3) is 0 Å². The summed E-state index contributed by atoms with van der Waals surface area (Å²) in [6, 6.07) is 0.439. The van der Waals surface area contributed by atoms with Gasteiger partial charge in [0, 0.05) is 38.6 Å². The van der Waals surface area contributed by atoms with Gasteiger partial charge < -0.3 is 15.0 Å². The number of nitrogens with one attached hydrogen (secondary N) is 1. The summed E-state index contributed by atoms with van der Waals surface area (Å²) in [5.74, 6) is 0.215. The first-order chi connectivity index (χ1) is 9.63. The molecule has 5 heteroatoms. The molecule has 0 radical (unpaired) electrons. The predicted molar refractivity (Wildman–Crippen MR) is 79.7 cm³/mol. The average molecular weight is 283 g/mol. The van der Waals surface area contributed by atoms with Crippen LogP contribution in [-0.4, -0.2) is 74.7 Å². The molecule has 1 saturated heterocycles. The lowest BCUT2D eigenvalue weighted by atomic mass is 10.2. The van der Waals surface area contributed by atoms with Crippen LogP contribution in [0.15, 0.2) is 0 Å². The van der Waals surface area contributed by atoms with Crippen molar-refractivity contribution in [3.63, 3.8) is 0 Å². The van der Waals surface area contributed by atoms with Crippen molar-refractivity contribution in [1.82, 2.24) is 15.1 Å². The van der Waals surface area contributed by atoms with E-state index in [2.05, 4.69) is 29.2 Å². The topological polar surface area (TPSA) is 44.8 Å². The zero-order valence-corrected chi connectivity index (χ0v) is 12.9. The smallest absolute Gasteiger partial charge is 0.221 e. The van der Waals surface area contributed by atoms with Crippen LogP contribution < -0.4 is 5.32 Å². The molecule has 1 aliphatic heterocycles. The van der Waals surface area contributed by atoms with Gasteiger partial charge in [0.25, 0.3) is 0 Å². The molecule has 1 aliphatic carbocycles. The summed E-state index contributed by atoms with van der Waals surface area (Å²) in [7, 11) is 4.13. The molecule has 2 aliphatic rings. The van der Waals surface area contributed by atoms with Gasteiger partial charge in [0.2, 0.25) is 5.91 Å². The van der Waals surface area contributed by atoms with Crippen molar-refractivity contribution < 1.29 is 9.53 Å². The summed E-state index contributed by atoms with van der Waals surface area (Å²) in [6.45, 7) is 4.47. The van der Waals surface area contributed by atoms with Crippen LogP contribution in [0.4, 0.5) is 0 Å². The van der Waals surface area contributed by atoms with E-state index in [0.29, 0.717) is 12.5 Å². The van der Waals surface area contributed by atoms with Gasteiger partial charge in [-0.25, -0.2) is 0 Å². The molecule has 0 unspecified atom stereocenters. The minimum absolute atomic E-state index is 0.215. The van der Waals surface area contributed by atoms with Crippen molar-refractivity contribution in [3.05, 3.63) is 0 Å². The van der Waals surface area contributed by atoms with Crippen molar-refractivity contribution >= 4 is 5.91 Å².